The molecule has 1 saturated carbocycles. The van der Waals surface area contributed by atoms with Crippen LogP contribution in [0, 0.1) is 0 Å². The summed E-state index contributed by atoms with van der Waals surface area (Å²) in [5.74, 6) is 1.75. The van der Waals surface area contributed by atoms with Crippen molar-refractivity contribution in [3.63, 3.8) is 0 Å². The van der Waals surface area contributed by atoms with Crippen LogP contribution in [0.5, 0.6) is 5.75 Å². The Hall–Kier alpha value is -2.96. The van der Waals surface area contributed by atoms with Gasteiger partial charge in [-0.15, -0.1) is 0 Å². The zero-order valence-electron chi connectivity index (χ0n) is 19.2. The summed E-state index contributed by atoms with van der Waals surface area (Å²) in [6.45, 7) is 0.461. The Bertz CT molecular complexity index is 1410. The highest BCUT2D eigenvalue weighted by molar-refractivity contribution is 9.10. The molecule has 1 aromatic heterocycles. The number of halogens is 2. The second-order valence-corrected chi connectivity index (χ2v) is 10.2. The molecule has 1 aliphatic rings. The Kier molecular flexibility index (Phi) is 7.30. The predicted molar refractivity (Wildman–Crippen MR) is 145 cm³/mol. The van der Waals surface area contributed by atoms with E-state index in [-0.39, 0.29) is 11.5 Å². The van der Waals surface area contributed by atoms with Crippen molar-refractivity contribution in [1.29, 1.82) is 0 Å². The van der Waals surface area contributed by atoms with Crippen molar-refractivity contribution in [3.8, 4) is 5.75 Å². The third kappa shape index (κ3) is 5.65. The zero-order valence-corrected chi connectivity index (χ0v) is 21.5. The van der Waals surface area contributed by atoms with Gasteiger partial charge in [-0.1, -0.05) is 58.9 Å². The van der Waals surface area contributed by atoms with Crippen LogP contribution < -0.4 is 10.3 Å². The van der Waals surface area contributed by atoms with E-state index in [4.69, 9.17) is 21.3 Å². The Labute approximate surface area is 217 Å². The fourth-order valence-electron chi connectivity index (χ4n) is 4.42. The van der Waals surface area contributed by atoms with Gasteiger partial charge in [-0.05, 0) is 78.6 Å². The normalized spacial score (nSPS) is 14.6. The molecule has 0 unspecified atom stereocenters. The lowest BCUT2D eigenvalue weighted by molar-refractivity contribution is 0.306. The number of benzene rings is 3. The van der Waals surface area contributed by atoms with Crippen molar-refractivity contribution < 1.29 is 4.74 Å². The van der Waals surface area contributed by atoms with Crippen LogP contribution in [0.25, 0.3) is 10.9 Å². The maximum atomic E-state index is 13.4. The lowest BCUT2D eigenvalue weighted by atomic mass is 9.88. The minimum absolute atomic E-state index is 0.143. The van der Waals surface area contributed by atoms with E-state index in [9.17, 15) is 4.79 Å². The van der Waals surface area contributed by atoms with Gasteiger partial charge in [-0.2, -0.15) is 9.78 Å². The molecule has 0 radical (unpaired) electrons. The SMILES string of the molecule is O=c1c2cc(Br)ccc2nc(C2CCCCC2)n1N=Cc1ccc(OCc2ccc(Cl)cc2)cc1. The van der Waals surface area contributed by atoms with Crippen molar-refractivity contribution in [3.05, 3.63) is 104 Å². The van der Waals surface area contributed by atoms with Gasteiger partial charge in [0.25, 0.3) is 5.56 Å². The molecule has 0 bridgehead atoms. The van der Waals surface area contributed by atoms with E-state index in [1.54, 1.807) is 6.21 Å². The summed E-state index contributed by atoms with van der Waals surface area (Å²) in [6, 6.07) is 20.9. The van der Waals surface area contributed by atoms with Gasteiger partial charge in [0, 0.05) is 15.4 Å². The minimum Gasteiger partial charge on any atom is -0.489 e. The summed E-state index contributed by atoms with van der Waals surface area (Å²) in [7, 11) is 0. The van der Waals surface area contributed by atoms with Gasteiger partial charge in [0.2, 0.25) is 0 Å². The molecule has 5 nitrogen and oxygen atoms in total. The standard InChI is InChI=1S/C28H25BrClN3O2/c29-22-10-15-26-25(16-22)28(34)33(27(32-26)21-4-2-1-3-5-21)31-17-19-8-13-24(14-9-19)35-18-20-6-11-23(30)12-7-20/h6-17,21H,1-5,18H2. The summed E-state index contributed by atoms with van der Waals surface area (Å²) in [6.07, 6.45) is 7.31. The topological polar surface area (TPSA) is 56.5 Å². The van der Waals surface area contributed by atoms with E-state index in [1.165, 1.54) is 11.1 Å². The van der Waals surface area contributed by atoms with E-state index < -0.39 is 0 Å². The number of hydrogen-bond donors (Lipinski definition) is 0. The minimum atomic E-state index is -0.143. The molecule has 5 rings (SSSR count). The van der Waals surface area contributed by atoms with Crippen LogP contribution in [0.4, 0.5) is 0 Å². The van der Waals surface area contributed by atoms with Crippen LogP contribution >= 0.6 is 27.5 Å². The average molecular weight is 551 g/mol. The number of fused-ring (bicyclic) bond motifs is 1. The molecule has 4 aromatic rings. The Morgan fingerprint density at radius 3 is 2.51 bits per heavy atom. The molecule has 1 heterocycles. The molecule has 0 atom stereocenters. The monoisotopic (exact) mass is 549 g/mol. The molecule has 1 aliphatic carbocycles. The fourth-order valence-corrected chi connectivity index (χ4v) is 4.91. The fraction of sp³-hybridized carbons (Fsp3) is 0.250. The van der Waals surface area contributed by atoms with Crippen molar-refractivity contribution in [2.75, 3.05) is 0 Å². The first kappa shape index (κ1) is 23.8. The lowest BCUT2D eigenvalue weighted by Crippen LogP contribution is -2.25. The highest BCUT2D eigenvalue weighted by atomic mass is 79.9. The van der Waals surface area contributed by atoms with E-state index in [0.29, 0.717) is 22.5 Å². The van der Waals surface area contributed by atoms with E-state index in [2.05, 4.69) is 21.0 Å². The van der Waals surface area contributed by atoms with Gasteiger partial charge in [-0.25, -0.2) is 4.98 Å². The molecule has 178 valence electrons. The third-order valence-electron chi connectivity index (χ3n) is 6.32. The molecule has 0 amide bonds. The number of hydrogen-bond acceptors (Lipinski definition) is 4. The number of aromatic nitrogens is 2. The van der Waals surface area contributed by atoms with Gasteiger partial charge in [0.05, 0.1) is 17.1 Å². The van der Waals surface area contributed by atoms with Gasteiger partial charge in [0.15, 0.2) is 0 Å². The Morgan fingerprint density at radius 2 is 1.77 bits per heavy atom. The summed E-state index contributed by atoms with van der Waals surface area (Å²) < 4.78 is 8.21. The highest BCUT2D eigenvalue weighted by Gasteiger charge is 2.22. The molecule has 3 aromatic carbocycles. The molecule has 0 spiro atoms. The van der Waals surface area contributed by atoms with Gasteiger partial charge in [0.1, 0.15) is 18.2 Å². The highest BCUT2D eigenvalue weighted by Crippen LogP contribution is 2.32. The van der Waals surface area contributed by atoms with E-state index in [0.717, 1.165) is 52.9 Å². The molecule has 0 N–H and O–H groups in total. The third-order valence-corrected chi connectivity index (χ3v) is 7.07. The molecule has 0 aliphatic heterocycles. The second kappa shape index (κ2) is 10.8. The van der Waals surface area contributed by atoms with Gasteiger partial charge < -0.3 is 4.74 Å². The summed E-state index contributed by atoms with van der Waals surface area (Å²) in [5.41, 5.74) is 2.49. The Morgan fingerprint density at radius 1 is 1.03 bits per heavy atom. The first-order valence-electron chi connectivity index (χ1n) is 11.8. The average Bonchev–Trinajstić information content (AvgIpc) is 2.89. The van der Waals surface area contributed by atoms with Gasteiger partial charge in [-0.3, -0.25) is 4.79 Å². The number of rotatable bonds is 6. The van der Waals surface area contributed by atoms with Crippen LogP contribution in [-0.2, 0) is 6.61 Å². The largest absolute Gasteiger partial charge is 0.489 e. The quantitative estimate of drug-likeness (QED) is 0.236. The molecular weight excluding hydrogens is 526 g/mol. The van der Waals surface area contributed by atoms with Crippen molar-refractivity contribution in [2.45, 2.75) is 44.6 Å². The molecule has 0 saturated heterocycles. The molecule has 1 fully saturated rings. The van der Waals surface area contributed by atoms with Crippen molar-refractivity contribution in [2.24, 2.45) is 5.10 Å². The van der Waals surface area contributed by atoms with Crippen molar-refractivity contribution >= 4 is 44.6 Å². The molecular formula is C28H25BrClN3O2. The Balaban J connectivity index is 1.40. The van der Waals surface area contributed by atoms with Crippen molar-refractivity contribution in [1.82, 2.24) is 9.66 Å². The smallest absolute Gasteiger partial charge is 0.282 e. The van der Waals surface area contributed by atoms with Crippen LogP contribution in [0.2, 0.25) is 5.02 Å². The molecule has 35 heavy (non-hydrogen) atoms. The maximum absolute atomic E-state index is 13.4. The van der Waals surface area contributed by atoms with Gasteiger partial charge >= 0.3 is 0 Å². The maximum Gasteiger partial charge on any atom is 0.282 e. The van der Waals surface area contributed by atoms with E-state index in [1.807, 2.05) is 66.7 Å². The first-order valence-corrected chi connectivity index (χ1v) is 13.0. The predicted octanol–water partition coefficient (Wildman–Crippen LogP) is 7.32. The number of ether oxygens (including phenoxy) is 1. The zero-order chi connectivity index (χ0) is 24.2. The van der Waals surface area contributed by atoms with E-state index >= 15 is 0 Å². The second-order valence-electron chi connectivity index (χ2n) is 8.81. The number of nitrogens with zero attached hydrogens (tertiary/aromatic N) is 3. The first-order chi connectivity index (χ1) is 17.1. The lowest BCUT2D eigenvalue weighted by Gasteiger charge is -2.22. The van der Waals surface area contributed by atoms with Crippen LogP contribution in [-0.4, -0.2) is 15.9 Å². The summed E-state index contributed by atoms with van der Waals surface area (Å²) in [5, 5.41) is 5.87. The van der Waals surface area contributed by atoms with Crippen LogP contribution in [0.1, 0.15) is 55.0 Å². The van der Waals surface area contributed by atoms with Crippen LogP contribution in [0.15, 0.2) is 81.1 Å². The molecule has 7 heteroatoms. The summed E-state index contributed by atoms with van der Waals surface area (Å²) >= 11 is 9.41. The summed E-state index contributed by atoms with van der Waals surface area (Å²) in [4.78, 5) is 18.3. The van der Waals surface area contributed by atoms with Crippen LogP contribution in [0.3, 0.4) is 0 Å².